The van der Waals surface area contributed by atoms with Gasteiger partial charge in [0.25, 0.3) is 0 Å². The number of carbonyl (C=O) groups excluding carboxylic acids is 3. The lowest BCUT2D eigenvalue weighted by Crippen LogP contribution is -2.36. The fourth-order valence-corrected chi connectivity index (χ4v) is 3.91. The van der Waals surface area contributed by atoms with Gasteiger partial charge < -0.3 is 23.9 Å². The highest BCUT2D eigenvalue weighted by Gasteiger charge is 2.27. The first-order valence-electron chi connectivity index (χ1n) is 11.8. The van der Waals surface area contributed by atoms with Crippen LogP contribution in [0.1, 0.15) is 57.1 Å². The summed E-state index contributed by atoms with van der Waals surface area (Å²) in [6, 6.07) is 12.5. The molecule has 9 heteroatoms. The van der Waals surface area contributed by atoms with E-state index in [-0.39, 0.29) is 30.5 Å². The van der Waals surface area contributed by atoms with Gasteiger partial charge in [-0.1, -0.05) is 0 Å². The van der Waals surface area contributed by atoms with Crippen molar-refractivity contribution in [3.8, 4) is 11.5 Å². The number of fused-ring (bicyclic) bond motifs is 1. The maximum absolute atomic E-state index is 12.9. The fraction of sp³-hybridized carbons (Fsp3) is 0.407. The average molecular weight is 496 g/mol. The number of aldehydes is 1. The number of anilines is 1. The normalized spacial score (nSPS) is 14.3. The lowest BCUT2D eigenvalue weighted by molar-refractivity contribution is -0.120. The molecule has 0 fully saturated rings. The first kappa shape index (κ1) is 26.7. The summed E-state index contributed by atoms with van der Waals surface area (Å²) in [5.74, 6) is 1.20. The van der Waals surface area contributed by atoms with Crippen molar-refractivity contribution >= 4 is 29.8 Å². The number of amidine groups is 1. The van der Waals surface area contributed by atoms with Crippen molar-refractivity contribution in [2.24, 2.45) is 0 Å². The van der Waals surface area contributed by atoms with Crippen molar-refractivity contribution in [1.82, 2.24) is 5.32 Å². The standard InChI is InChI=1S/C27H33N3O6/c1-27(2,3)36-26(33)29-25(28)18-7-12-23-22(16-18)19(17-35-23)13-14-30(24(32)6-5-15-31)20-8-10-21(34-4)11-9-20/h7-12,15-16,19H,5-6,13-14,17H2,1-4H3,(H2,28,29,33). The zero-order valence-electron chi connectivity index (χ0n) is 21.1. The molecule has 0 saturated heterocycles. The smallest absolute Gasteiger partial charge is 0.413 e. The molecule has 192 valence electrons. The monoisotopic (exact) mass is 495 g/mol. The van der Waals surface area contributed by atoms with Crippen LogP contribution in [-0.2, 0) is 14.3 Å². The van der Waals surface area contributed by atoms with Crippen molar-refractivity contribution in [2.45, 2.75) is 51.6 Å². The highest BCUT2D eigenvalue weighted by Crippen LogP contribution is 2.37. The lowest BCUT2D eigenvalue weighted by Gasteiger charge is -2.24. The Labute approximate surface area is 211 Å². The second-order valence-electron chi connectivity index (χ2n) is 9.50. The molecular weight excluding hydrogens is 462 g/mol. The van der Waals surface area contributed by atoms with Crippen LogP contribution in [0.2, 0.25) is 0 Å². The largest absolute Gasteiger partial charge is 0.497 e. The highest BCUT2D eigenvalue weighted by atomic mass is 16.6. The zero-order chi connectivity index (χ0) is 26.3. The molecule has 0 aliphatic carbocycles. The molecule has 1 atom stereocenters. The van der Waals surface area contributed by atoms with E-state index in [0.717, 1.165) is 23.3 Å². The van der Waals surface area contributed by atoms with E-state index < -0.39 is 11.7 Å². The number of rotatable bonds is 9. The Kier molecular flexibility index (Phi) is 8.68. The van der Waals surface area contributed by atoms with Gasteiger partial charge in [0.1, 0.15) is 29.2 Å². The van der Waals surface area contributed by atoms with Gasteiger partial charge >= 0.3 is 6.09 Å². The Morgan fingerprint density at radius 3 is 2.56 bits per heavy atom. The third kappa shape index (κ3) is 7.07. The number of alkyl carbamates (subject to hydrolysis) is 1. The second-order valence-corrected chi connectivity index (χ2v) is 9.50. The molecule has 2 N–H and O–H groups in total. The molecule has 1 aliphatic rings. The predicted octanol–water partition coefficient (Wildman–Crippen LogP) is 4.42. The predicted molar refractivity (Wildman–Crippen MR) is 136 cm³/mol. The molecule has 1 aliphatic heterocycles. The molecule has 0 spiro atoms. The summed E-state index contributed by atoms with van der Waals surface area (Å²) >= 11 is 0. The number of hydrogen-bond donors (Lipinski definition) is 2. The molecular formula is C27H33N3O6. The van der Waals surface area contributed by atoms with Gasteiger partial charge in [0, 0.05) is 42.1 Å². The number of amides is 2. The molecule has 0 radical (unpaired) electrons. The Bertz CT molecular complexity index is 1110. The molecule has 1 heterocycles. The Balaban J connectivity index is 1.72. The zero-order valence-corrected chi connectivity index (χ0v) is 21.1. The molecule has 1 unspecified atom stereocenters. The van der Waals surface area contributed by atoms with Crippen molar-refractivity contribution in [3.63, 3.8) is 0 Å². The number of ether oxygens (including phenoxy) is 3. The summed E-state index contributed by atoms with van der Waals surface area (Å²) < 4.78 is 16.3. The van der Waals surface area contributed by atoms with Gasteiger partial charge in [-0.25, -0.2) is 4.79 Å². The van der Waals surface area contributed by atoms with Gasteiger partial charge in [0.05, 0.1) is 13.7 Å². The highest BCUT2D eigenvalue weighted by molar-refractivity contribution is 6.04. The summed E-state index contributed by atoms with van der Waals surface area (Å²) in [6.07, 6.45) is 0.960. The van der Waals surface area contributed by atoms with E-state index in [9.17, 15) is 14.4 Å². The lowest BCUT2D eigenvalue weighted by atomic mass is 9.95. The summed E-state index contributed by atoms with van der Waals surface area (Å²) in [6.45, 7) is 6.14. The van der Waals surface area contributed by atoms with Gasteiger partial charge in [-0.05, 0) is 69.7 Å². The van der Waals surface area contributed by atoms with Crippen molar-refractivity contribution in [3.05, 3.63) is 53.6 Å². The first-order chi connectivity index (χ1) is 17.1. The molecule has 2 amide bonds. The topological polar surface area (TPSA) is 118 Å². The molecule has 0 saturated carbocycles. The van der Waals surface area contributed by atoms with Crippen LogP contribution in [0, 0.1) is 5.41 Å². The SMILES string of the molecule is COc1ccc(N(CCC2COc3ccc(C(=N)NC(=O)OC(C)(C)C)cc32)C(=O)CCC=O)cc1. The van der Waals surface area contributed by atoms with E-state index >= 15 is 0 Å². The summed E-state index contributed by atoms with van der Waals surface area (Å²) in [7, 11) is 1.58. The van der Waals surface area contributed by atoms with Crippen molar-refractivity contribution in [1.29, 1.82) is 5.41 Å². The molecule has 9 nitrogen and oxygen atoms in total. The minimum Gasteiger partial charge on any atom is -0.497 e. The first-order valence-corrected chi connectivity index (χ1v) is 11.8. The second kappa shape index (κ2) is 11.7. The average Bonchev–Trinajstić information content (AvgIpc) is 3.24. The van der Waals surface area contributed by atoms with E-state index in [1.807, 2.05) is 18.2 Å². The summed E-state index contributed by atoms with van der Waals surface area (Å²) in [5.41, 5.74) is 1.51. The number of hydrogen-bond acceptors (Lipinski definition) is 7. The third-order valence-electron chi connectivity index (χ3n) is 5.67. The van der Waals surface area contributed by atoms with Gasteiger partial charge in [-0.15, -0.1) is 0 Å². The Hall–Kier alpha value is -3.88. The van der Waals surface area contributed by atoms with Crippen LogP contribution in [0.5, 0.6) is 11.5 Å². The minimum absolute atomic E-state index is 0.00565. The Morgan fingerprint density at radius 1 is 1.19 bits per heavy atom. The van der Waals surface area contributed by atoms with Crippen LogP contribution < -0.4 is 19.7 Å². The molecule has 0 aromatic heterocycles. The number of nitrogens with zero attached hydrogens (tertiary/aromatic N) is 1. The number of benzene rings is 2. The Morgan fingerprint density at radius 2 is 1.92 bits per heavy atom. The van der Waals surface area contributed by atoms with Gasteiger partial charge in [0.15, 0.2) is 0 Å². The van der Waals surface area contributed by atoms with E-state index in [1.54, 1.807) is 57.0 Å². The summed E-state index contributed by atoms with van der Waals surface area (Å²) in [4.78, 5) is 37.4. The van der Waals surface area contributed by atoms with E-state index in [1.165, 1.54) is 0 Å². The van der Waals surface area contributed by atoms with E-state index in [2.05, 4.69) is 5.32 Å². The number of carbonyl (C=O) groups is 3. The van der Waals surface area contributed by atoms with Crippen molar-refractivity contribution < 1.29 is 28.6 Å². The van der Waals surface area contributed by atoms with Crippen molar-refractivity contribution in [2.75, 3.05) is 25.2 Å². The van der Waals surface area contributed by atoms with Crippen LogP contribution >= 0.6 is 0 Å². The van der Waals surface area contributed by atoms with Crippen LogP contribution in [-0.4, -0.2) is 50.0 Å². The van der Waals surface area contributed by atoms with Crippen LogP contribution in [0.3, 0.4) is 0 Å². The summed E-state index contributed by atoms with van der Waals surface area (Å²) in [5, 5.41) is 10.8. The maximum Gasteiger partial charge on any atom is 0.413 e. The quantitative estimate of drug-likeness (QED) is 0.302. The van der Waals surface area contributed by atoms with Crippen LogP contribution in [0.15, 0.2) is 42.5 Å². The third-order valence-corrected chi connectivity index (χ3v) is 5.67. The maximum atomic E-state index is 12.9. The van der Waals surface area contributed by atoms with Gasteiger partial charge in [-0.3, -0.25) is 15.5 Å². The number of nitrogens with one attached hydrogen (secondary N) is 2. The molecule has 3 rings (SSSR count). The van der Waals surface area contributed by atoms with Crippen LogP contribution in [0.25, 0.3) is 0 Å². The minimum atomic E-state index is -0.690. The molecule has 0 bridgehead atoms. The van der Waals surface area contributed by atoms with E-state index in [4.69, 9.17) is 19.6 Å². The van der Waals surface area contributed by atoms with Gasteiger partial charge in [0.2, 0.25) is 5.91 Å². The van der Waals surface area contributed by atoms with Crippen LogP contribution in [0.4, 0.5) is 10.5 Å². The molecule has 36 heavy (non-hydrogen) atoms. The number of methoxy groups -OCH3 is 1. The fourth-order valence-electron chi connectivity index (χ4n) is 3.91. The van der Waals surface area contributed by atoms with E-state index in [0.29, 0.717) is 30.9 Å². The molecule has 2 aromatic carbocycles. The van der Waals surface area contributed by atoms with Gasteiger partial charge in [-0.2, -0.15) is 0 Å². The molecule has 2 aromatic rings.